The van der Waals surface area contributed by atoms with Gasteiger partial charge >= 0.3 is 0 Å². The van der Waals surface area contributed by atoms with Gasteiger partial charge in [0.05, 0.1) is 17.5 Å². The summed E-state index contributed by atoms with van der Waals surface area (Å²) >= 11 is 0. The Bertz CT molecular complexity index is 420. The molecule has 2 N–H and O–H groups in total. The third kappa shape index (κ3) is 3.84. The van der Waals surface area contributed by atoms with E-state index in [9.17, 15) is 14.9 Å². The highest BCUT2D eigenvalue weighted by Crippen LogP contribution is 2.18. The molecule has 0 bridgehead atoms. The van der Waals surface area contributed by atoms with Crippen molar-refractivity contribution in [3.63, 3.8) is 0 Å². The number of nitrogens with one attached hydrogen (secondary N) is 2. The Balaban J connectivity index is 2.75. The molecule has 92 valence electrons. The minimum absolute atomic E-state index is 0.0252. The predicted octanol–water partition coefficient (Wildman–Crippen LogP) is 0.991. The Labute approximate surface area is 99.2 Å². The van der Waals surface area contributed by atoms with Gasteiger partial charge in [0.25, 0.3) is 5.69 Å². The number of hydrogen-bond acceptors (Lipinski definition) is 4. The van der Waals surface area contributed by atoms with Crippen molar-refractivity contribution in [1.29, 1.82) is 0 Å². The number of non-ortho nitro benzene ring substituents is 1. The first kappa shape index (κ1) is 13.1. The summed E-state index contributed by atoms with van der Waals surface area (Å²) < 4.78 is 0. The fourth-order valence-corrected chi connectivity index (χ4v) is 1.44. The highest BCUT2D eigenvalue weighted by molar-refractivity contribution is 5.78. The second kappa shape index (κ2) is 5.95. The van der Waals surface area contributed by atoms with Gasteiger partial charge in [-0.3, -0.25) is 14.9 Å². The normalized spacial score (nSPS) is 11.9. The fraction of sp³-hybridized carbons (Fsp3) is 0.364. The van der Waals surface area contributed by atoms with Crippen LogP contribution in [0.3, 0.4) is 0 Å². The van der Waals surface area contributed by atoms with Gasteiger partial charge in [-0.25, -0.2) is 0 Å². The molecule has 0 aliphatic rings. The number of hydrogen-bond donors (Lipinski definition) is 2. The molecule has 0 aliphatic heterocycles. The number of nitro benzene ring substituents is 1. The zero-order valence-electron chi connectivity index (χ0n) is 9.77. The summed E-state index contributed by atoms with van der Waals surface area (Å²) in [4.78, 5) is 21.5. The van der Waals surface area contributed by atoms with Crippen LogP contribution in [0.25, 0.3) is 0 Å². The summed E-state index contributed by atoms with van der Waals surface area (Å²) in [5.41, 5.74) is 0.737. The molecule has 0 aliphatic carbocycles. The zero-order chi connectivity index (χ0) is 12.8. The first-order chi connectivity index (χ1) is 8.04. The largest absolute Gasteiger partial charge is 0.348 e. The second-order valence-electron chi connectivity index (χ2n) is 3.67. The monoisotopic (exact) mass is 237 g/mol. The third-order valence-electron chi connectivity index (χ3n) is 2.30. The quantitative estimate of drug-likeness (QED) is 0.591. The second-order valence-corrected chi connectivity index (χ2v) is 3.67. The van der Waals surface area contributed by atoms with Gasteiger partial charge in [-0.2, -0.15) is 0 Å². The molecule has 1 aromatic carbocycles. The number of likely N-dealkylation sites (N-methyl/N-ethyl adjacent to an activating group) is 1. The van der Waals surface area contributed by atoms with Gasteiger partial charge < -0.3 is 10.6 Å². The standard InChI is InChI=1S/C11H15N3O3/c1-8(13-11(15)7-12-2)9-4-3-5-10(6-9)14(16)17/h3-6,8,12H,7H2,1-2H3,(H,13,15). The van der Waals surface area contributed by atoms with Crippen LogP contribution >= 0.6 is 0 Å². The van der Waals surface area contributed by atoms with E-state index in [1.54, 1.807) is 26.1 Å². The number of benzene rings is 1. The summed E-state index contributed by atoms with van der Waals surface area (Å²) in [6, 6.07) is 5.98. The Morgan fingerprint density at radius 2 is 2.24 bits per heavy atom. The number of nitrogens with zero attached hydrogens (tertiary/aromatic N) is 1. The molecular weight excluding hydrogens is 222 g/mol. The zero-order valence-corrected chi connectivity index (χ0v) is 9.77. The number of carbonyl (C=O) groups is 1. The highest BCUT2D eigenvalue weighted by Gasteiger charge is 2.12. The Morgan fingerprint density at radius 3 is 2.82 bits per heavy atom. The van der Waals surface area contributed by atoms with Crippen LogP contribution in [-0.2, 0) is 4.79 Å². The van der Waals surface area contributed by atoms with Crippen molar-refractivity contribution in [1.82, 2.24) is 10.6 Å². The first-order valence-electron chi connectivity index (χ1n) is 5.23. The Morgan fingerprint density at radius 1 is 1.53 bits per heavy atom. The highest BCUT2D eigenvalue weighted by atomic mass is 16.6. The van der Waals surface area contributed by atoms with Crippen LogP contribution in [0.1, 0.15) is 18.5 Å². The molecule has 1 unspecified atom stereocenters. The molecule has 0 fully saturated rings. The molecule has 0 saturated heterocycles. The number of carbonyl (C=O) groups excluding carboxylic acids is 1. The average molecular weight is 237 g/mol. The first-order valence-corrected chi connectivity index (χ1v) is 5.23. The van der Waals surface area contributed by atoms with Gasteiger partial charge in [-0.1, -0.05) is 12.1 Å². The molecule has 17 heavy (non-hydrogen) atoms. The van der Waals surface area contributed by atoms with Crippen LogP contribution in [0.2, 0.25) is 0 Å². The Hall–Kier alpha value is -1.95. The summed E-state index contributed by atoms with van der Waals surface area (Å²) in [5, 5.41) is 16.1. The van der Waals surface area contributed by atoms with Crippen LogP contribution in [-0.4, -0.2) is 24.4 Å². The van der Waals surface area contributed by atoms with E-state index in [0.717, 1.165) is 0 Å². The van der Waals surface area contributed by atoms with E-state index in [2.05, 4.69) is 10.6 Å². The molecule has 0 radical (unpaired) electrons. The van der Waals surface area contributed by atoms with E-state index in [1.165, 1.54) is 12.1 Å². The van der Waals surface area contributed by atoms with Crippen molar-refractivity contribution in [2.45, 2.75) is 13.0 Å². The molecule has 1 rings (SSSR count). The van der Waals surface area contributed by atoms with Crippen molar-refractivity contribution in [3.05, 3.63) is 39.9 Å². The summed E-state index contributed by atoms with van der Waals surface area (Å²) in [5.74, 6) is -0.147. The summed E-state index contributed by atoms with van der Waals surface area (Å²) in [7, 11) is 1.68. The molecule has 1 atom stereocenters. The van der Waals surface area contributed by atoms with Gasteiger partial charge in [-0.05, 0) is 19.5 Å². The molecule has 0 saturated carbocycles. The molecule has 6 heteroatoms. The van der Waals surface area contributed by atoms with E-state index in [4.69, 9.17) is 0 Å². The van der Waals surface area contributed by atoms with E-state index < -0.39 is 4.92 Å². The van der Waals surface area contributed by atoms with Gasteiger partial charge in [0.2, 0.25) is 5.91 Å². The van der Waals surface area contributed by atoms with E-state index in [-0.39, 0.29) is 24.2 Å². The van der Waals surface area contributed by atoms with Crippen molar-refractivity contribution in [2.75, 3.05) is 13.6 Å². The van der Waals surface area contributed by atoms with Crippen molar-refractivity contribution < 1.29 is 9.72 Å². The third-order valence-corrected chi connectivity index (χ3v) is 2.30. The van der Waals surface area contributed by atoms with Crippen LogP contribution in [0.4, 0.5) is 5.69 Å². The summed E-state index contributed by atoms with van der Waals surface area (Å²) in [6.07, 6.45) is 0. The molecule has 0 heterocycles. The van der Waals surface area contributed by atoms with E-state index in [0.29, 0.717) is 5.56 Å². The fourth-order valence-electron chi connectivity index (χ4n) is 1.44. The molecular formula is C11H15N3O3. The lowest BCUT2D eigenvalue weighted by Crippen LogP contribution is -2.33. The van der Waals surface area contributed by atoms with Crippen LogP contribution < -0.4 is 10.6 Å². The van der Waals surface area contributed by atoms with E-state index >= 15 is 0 Å². The maximum Gasteiger partial charge on any atom is 0.269 e. The van der Waals surface area contributed by atoms with Crippen LogP contribution in [0, 0.1) is 10.1 Å². The van der Waals surface area contributed by atoms with Crippen molar-refractivity contribution in [3.8, 4) is 0 Å². The van der Waals surface area contributed by atoms with Crippen molar-refractivity contribution in [2.24, 2.45) is 0 Å². The van der Waals surface area contributed by atoms with Gasteiger partial charge in [0.15, 0.2) is 0 Å². The smallest absolute Gasteiger partial charge is 0.269 e. The summed E-state index contributed by atoms with van der Waals surface area (Å²) in [6.45, 7) is 2.01. The predicted molar refractivity (Wildman–Crippen MR) is 63.6 cm³/mol. The van der Waals surface area contributed by atoms with Crippen molar-refractivity contribution >= 4 is 11.6 Å². The van der Waals surface area contributed by atoms with Gasteiger partial charge in [0, 0.05) is 12.1 Å². The average Bonchev–Trinajstić information content (AvgIpc) is 2.29. The molecule has 1 aromatic rings. The molecule has 6 nitrogen and oxygen atoms in total. The topological polar surface area (TPSA) is 84.3 Å². The number of amides is 1. The van der Waals surface area contributed by atoms with Gasteiger partial charge in [0.1, 0.15) is 0 Å². The minimum atomic E-state index is -0.453. The molecule has 0 spiro atoms. The number of nitro groups is 1. The van der Waals surface area contributed by atoms with Crippen LogP contribution in [0.5, 0.6) is 0 Å². The number of rotatable bonds is 5. The molecule has 0 aromatic heterocycles. The van der Waals surface area contributed by atoms with Gasteiger partial charge in [-0.15, -0.1) is 0 Å². The Kier molecular flexibility index (Phi) is 4.59. The lowest BCUT2D eigenvalue weighted by atomic mass is 10.1. The molecule has 1 amide bonds. The van der Waals surface area contributed by atoms with Crippen LogP contribution in [0.15, 0.2) is 24.3 Å². The lowest BCUT2D eigenvalue weighted by molar-refractivity contribution is -0.384. The maximum atomic E-state index is 11.3. The SMILES string of the molecule is CNCC(=O)NC(C)c1cccc([N+](=O)[O-])c1. The van der Waals surface area contributed by atoms with E-state index in [1.807, 2.05) is 0 Å². The lowest BCUT2D eigenvalue weighted by Gasteiger charge is -2.13. The minimum Gasteiger partial charge on any atom is -0.348 e. The maximum absolute atomic E-state index is 11.3.